The van der Waals surface area contributed by atoms with E-state index in [1.165, 1.54) is 0 Å². The molecule has 1 fully saturated rings. The predicted octanol–water partition coefficient (Wildman–Crippen LogP) is 3.87. The van der Waals surface area contributed by atoms with E-state index in [1.807, 2.05) is 31.2 Å². The van der Waals surface area contributed by atoms with Crippen molar-refractivity contribution in [3.63, 3.8) is 0 Å². The monoisotopic (exact) mass is 281 g/mol. The van der Waals surface area contributed by atoms with E-state index in [0.717, 1.165) is 36.4 Å². The summed E-state index contributed by atoms with van der Waals surface area (Å²) in [5.41, 5.74) is 1.05. The minimum Gasteiger partial charge on any atom is -0.466 e. The molecule has 0 heterocycles. The molecule has 0 aromatic heterocycles. The van der Waals surface area contributed by atoms with Crippen molar-refractivity contribution < 1.29 is 9.53 Å². The Bertz CT molecular complexity index is 419. The summed E-state index contributed by atoms with van der Waals surface area (Å²) < 4.78 is 5.11. The molecule has 1 saturated carbocycles. The summed E-state index contributed by atoms with van der Waals surface area (Å²) in [6.07, 6.45) is 3.95. The van der Waals surface area contributed by atoms with E-state index in [4.69, 9.17) is 16.3 Å². The van der Waals surface area contributed by atoms with Gasteiger partial charge < -0.3 is 10.1 Å². The fourth-order valence-corrected chi connectivity index (χ4v) is 2.70. The predicted molar refractivity (Wildman–Crippen MR) is 77.5 cm³/mol. The van der Waals surface area contributed by atoms with E-state index in [-0.39, 0.29) is 11.9 Å². The molecule has 2 atom stereocenters. The number of rotatable bonds is 4. The van der Waals surface area contributed by atoms with Gasteiger partial charge in [0.25, 0.3) is 0 Å². The van der Waals surface area contributed by atoms with Gasteiger partial charge in [0.2, 0.25) is 0 Å². The van der Waals surface area contributed by atoms with Gasteiger partial charge in [0.15, 0.2) is 0 Å². The fraction of sp³-hybridized carbons (Fsp3) is 0.533. The number of nitrogens with one attached hydrogen (secondary N) is 1. The molecule has 2 unspecified atom stereocenters. The number of carbonyl (C=O) groups is 1. The highest BCUT2D eigenvalue weighted by molar-refractivity contribution is 6.30. The van der Waals surface area contributed by atoms with Gasteiger partial charge in [-0.05, 0) is 50.5 Å². The van der Waals surface area contributed by atoms with Crippen LogP contribution in [0.15, 0.2) is 24.3 Å². The first-order valence-electron chi connectivity index (χ1n) is 6.87. The van der Waals surface area contributed by atoms with Crippen LogP contribution in [0.5, 0.6) is 0 Å². The topological polar surface area (TPSA) is 38.3 Å². The lowest BCUT2D eigenvalue weighted by atomic mass is 9.85. The summed E-state index contributed by atoms with van der Waals surface area (Å²) >= 11 is 5.86. The van der Waals surface area contributed by atoms with E-state index < -0.39 is 0 Å². The number of hydrogen-bond donors (Lipinski definition) is 1. The van der Waals surface area contributed by atoms with Gasteiger partial charge in [-0.2, -0.15) is 0 Å². The lowest BCUT2D eigenvalue weighted by Crippen LogP contribution is -2.32. The first-order valence-corrected chi connectivity index (χ1v) is 7.25. The van der Waals surface area contributed by atoms with Crippen molar-refractivity contribution >= 4 is 23.3 Å². The molecule has 3 nitrogen and oxygen atoms in total. The quantitative estimate of drug-likeness (QED) is 0.852. The maximum Gasteiger partial charge on any atom is 0.308 e. The Kier molecular flexibility index (Phi) is 5.08. The van der Waals surface area contributed by atoms with Gasteiger partial charge in [0, 0.05) is 16.8 Å². The van der Waals surface area contributed by atoms with E-state index in [9.17, 15) is 4.79 Å². The van der Waals surface area contributed by atoms with Crippen LogP contribution in [0, 0.1) is 5.92 Å². The second kappa shape index (κ2) is 6.80. The number of ether oxygens (including phenoxy) is 1. The maximum atomic E-state index is 11.8. The second-order valence-corrected chi connectivity index (χ2v) is 5.40. The van der Waals surface area contributed by atoms with Crippen molar-refractivity contribution in [2.75, 3.05) is 11.9 Å². The molecular weight excluding hydrogens is 262 g/mol. The molecule has 0 aliphatic heterocycles. The largest absolute Gasteiger partial charge is 0.466 e. The molecule has 104 valence electrons. The van der Waals surface area contributed by atoms with Gasteiger partial charge >= 0.3 is 5.97 Å². The van der Waals surface area contributed by atoms with E-state index in [2.05, 4.69) is 5.32 Å². The first kappa shape index (κ1) is 14.2. The van der Waals surface area contributed by atoms with Crippen LogP contribution in [-0.4, -0.2) is 18.6 Å². The molecule has 1 aromatic rings. The highest BCUT2D eigenvalue weighted by Crippen LogP contribution is 2.28. The van der Waals surface area contributed by atoms with Gasteiger partial charge in [0.1, 0.15) is 0 Å². The van der Waals surface area contributed by atoms with E-state index in [1.54, 1.807) is 0 Å². The highest BCUT2D eigenvalue weighted by atomic mass is 35.5. The number of benzene rings is 1. The first-order chi connectivity index (χ1) is 9.19. The van der Waals surface area contributed by atoms with Gasteiger partial charge in [0.05, 0.1) is 12.5 Å². The lowest BCUT2D eigenvalue weighted by Gasteiger charge is -2.29. The summed E-state index contributed by atoms with van der Waals surface area (Å²) in [7, 11) is 0. The molecule has 0 saturated heterocycles. The molecule has 19 heavy (non-hydrogen) atoms. The van der Waals surface area contributed by atoms with Gasteiger partial charge in [-0.3, -0.25) is 4.79 Å². The summed E-state index contributed by atoms with van der Waals surface area (Å²) in [4.78, 5) is 11.8. The maximum absolute atomic E-state index is 11.8. The second-order valence-electron chi connectivity index (χ2n) is 4.96. The molecule has 0 spiro atoms. The van der Waals surface area contributed by atoms with Crippen LogP contribution in [0.2, 0.25) is 5.02 Å². The third kappa shape index (κ3) is 4.13. The molecule has 1 aliphatic rings. The Hall–Kier alpha value is -1.22. The number of carbonyl (C=O) groups excluding carboxylic acids is 1. The van der Waals surface area contributed by atoms with Crippen molar-refractivity contribution in [3.05, 3.63) is 29.3 Å². The Morgan fingerprint density at radius 3 is 2.79 bits per heavy atom. The Balaban J connectivity index is 1.90. The van der Waals surface area contributed by atoms with Crippen LogP contribution in [0.1, 0.15) is 32.6 Å². The molecule has 1 N–H and O–H groups in total. The van der Waals surface area contributed by atoms with E-state index >= 15 is 0 Å². The zero-order valence-electron chi connectivity index (χ0n) is 11.2. The minimum atomic E-state index is -0.0508. The van der Waals surface area contributed by atoms with Crippen molar-refractivity contribution in [3.8, 4) is 0 Å². The lowest BCUT2D eigenvalue weighted by molar-refractivity contribution is -0.149. The molecule has 1 aliphatic carbocycles. The highest BCUT2D eigenvalue weighted by Gasteiger charge is 2.28. The molecule has 0 bridgehead atoms. The smallest absolute Gasteiger partial charge is 0.308 e. The van der Waals surface area contributed by atoms with Crippen molar-refractivity contribution in [2.45, 2.75) is 38.6 Å². The van der Waals surface area contributed by atoms with Crippen LogP contribution < -0.4 is 5.32 Å². The molecule has 2 rings (SSSR count). The third-order valence-electron chi connectivity index (χ3n) is 3.51. The molecule has 4 heteroatoms. The number of anilines is 1. The van der Waals surface area contributed by atoms with Crippen LogP contribution in [0.4, 0.5) is 5.69 Å². The van der Waals surface area contributed by atoms with Crippen molar-refractivity contribution in [1.82, 2.24) is 0 Å². The average molecular weight is 282 g/mol. The normalized spacial score (nSPS) is 22.8. The van der Waals surface area contributed by atoms with Crippen LogP contribution in [0.3, 0.4) is 0 Å². The van der Waals surface area contributed by atoms with Crippen LogP contribution >= 0.6 is 11.6 Å². The molecule has 0 amide bonds. The summed E-state index contributed by atoms with van der Waals surface area (Å²) in [5, 5.41) is 4.20. The standard InChI is InChI=1S/C15H20ClNO2/c1-2-19-15(18)11-4-3-5-14(10-11)17-13-8-6-12(16)7-9-13/h6-9,11,14,17H,2-5,10H2,1H3. The summed E-state index contributed by atoms with van der Waals surface area (Å²) in [6.45, 7) is 2.31. The van der Waals surface area contributed by atoms with Crippen LogP contribution in [0.25, 0.3) is 0 Å². The van der Waals surface area contributed by atoms with Crippen molar-refractivity contribution in [1.29, 1.82) is 0 Å². The number of hydrogen-bond acceptors (Lipinski definition) is 3. The SMILES string of the molecule is CCOC(=O)C1CCCC(Nc2ccc(Cl)cc2)C1. The van der Waals surface area contributed by atoms with Gasteiger partial charge in [-0.15, -0.1) is 0 Å². The molecule has 1 aromatic carbocycles. The van der Waals surface area contributed by atoms with Gasteiger partial charge in [-0.25, -0.2) is 0 Å². The zero-order chi connectivity index (χ0) is 13.7. The zero-order valence-corrected chi connectivity index (χ0v) is 12.0. The molecular formula is C15H20ClNO2. The third-order valence-corrected chi connectivity index (χ3v) is 3.76. The number of halogens is 1. The number of esters is 1. The fourth-order valence-electron chi connectivity index (χ4n) is 2.58. The van der Waals surface area contributed by atoms with Gasteiger partial charge in [-0.1, -0.05) is 18.0 Å². The summed E-state index contributed by atoms with van der Waals surface area (Å²) in [5.74, 6) is -0.0105. The summed E-state index contributed by atoms with van der Waals surface area (Å²) in [6, 6.07) is 8.02. The van der Waals surface area contributed by atoms with Crippen molar-refractivity contribution in [2.24, 2.45) is 5.92 Å². The Labute approximate surface area is 119 Å². The molecule has 0 radical (unpaired) electrons. The van der Waals surface area contributed by atoms with Crippen LogP contribution in [-0.2, 0) is 9.53 Å². The Morgan fingerprint density at radius 2 is 2.11 bits per heavy atom. The Morgan fingerprint density at radius 1 is 1.37 bits per heavy atom. The average Bonchev–Trinajstić information content (AvgIpc) is 2.42. The minimum absolute atomic E-state index is 0.0403. The van der Waals surface area contributed by atoms with E-state index in [0.29, 0.717) is 12.6 Å².